The van der Waals surface area contributed by atoms with E-state index in [4.69, 9.17) is 9.47 Å². The second-order valence-corrected chi connectivity index (χ2v) is 10.8. The van der Waals surface area contributed by atoms with Crippen LogP contribution in [0.25, 0.3) is 0 Å². The van der Waals surface area contributed by atoms with Crippen molar-refractivity contribution >= 4 is 65.1 Å². The molecular formula is C23H19Br2FN2O6S. The predicted octanol–water partition coefficient (Wildman–Crippen LogP) is 4.74. The first-order valence-electron chi connectivity index (χ1n) is 9.94. The van der Waals surface area contributed by atoms with Crippen LogP contribution in [0.2, 0.25) is 0 Å². The molecule has 184 valence electrons. The van der Waals surface area contributed by atoms with E-state index in [2.05, 4.69) is 37.2 Å². The van der Waals surface area contributed by atoms with Crippen molar-refractivity contribution in [2.24, 2.45) is 0 Å². The largest absolute Gasteiger partial charge is 0.482 e. The van der Waals surface area contributed by atoms with Crippen molar-refractivity contribution in [1.29, 1.82) is 0 Å². The second kappa shape index (κ2) is 11.6. The summed E-state index contributed by atoms with van der Waals surface area (Å²) in [6, 6.07) is 15.6. The van der Waals surface area contributed by atoms with Gasteiger partial charge < -0.3 is 14.8 Å². The molecule has 0 bridgehead atoms. The van der Waals surface area contributed by atoms with Crippen LogP contribution in [0.5, 0.6) is 5.75 Å². The van der Waals surface area contributed by atoms with Crippen molar-refractivity contribution in [3.8, 4) is 5.75 Å². The van der Waals surface area contributed by atoms with Gasteiger partial charge in [0.1, 0.15) is 11.6 Å². The van der Waals surface area contributed by atoms with E-state index in [1.807, 2.05) is 0 Å². The fourth-order valence-corrected chi connectivity index (χ4v) is 5.10. The predicted molar refractivity (Wildman–Crippen MR) is 135 cm³/mol. The highest BCUT2D eigenvalue weighted by atomic mass is 79.9. The molecular weight excluding hydrogens is 611 g/mol. The Bertz CT molecular complexity index is 1320. The summed E-state index contributed by atoms with van der Waals surface area (Å²) >= 11 is 6.64. The van der Waals surface area contributed by atoms with Gasteiger partial charge in [-0.25, -0.2) is 17.6 Å². The molecule has 0 saturated heterocycles. The minimum absolute atomic E-state index is 0.0546. The van der Waals surface area contributed by atoms with Crippen LogP contribution < -0.4 is 14.4 Å². The lowest BCUT2D eigenvalue weighted by Crippen LogP contribution is -2.26. The number of hydrogen-bond acceptors (Lipinski definition) is 6. The number of nitrogens with one attached hydrogen (secondary N) is 1. The molecule has 0 saturated carbocycles. The molecule has 0 heterocycles. The third-order valence-electron chi connectivity index (χ3n) is 4.60. The highest BCUT2D eigenvalue weighted by Gasteiger charge is 2.21. The molecule has 0 aliphatic heterocycles. The Hall–Kier alpha value is -2.96. The first-order valence-corrected chi connectivity index (χ1v) is 13.0. The molecule has 1 N–H and O–H groups in total. The third kappa shape index (κ3) is 7.26. The molecule has 0 aliphatic rings. The van der Waals surface area contributed by atoms with Gasteiger partial charge in [0.2, 0.25) is 0 Å². The number of nitrogens with zero attached hydrogens (tertiary/aromatic N) is 1. The van der Waals surface area contributed by atoms with Gasteiger partial charge >= 0.3 is 5.97 Å². The first kappa shape index (κ1) is 26.6. The summed E-state index contributed by atoms with van der Waals surface area (Å²) in [6.07, 6.45) is 0. The Morgan fingerprint density at radius 3 is 2.26 bits per heavy atom. The fourth-order valence-electron chi connectivity index (χ4n) is 2.76. The summed E-state index contributed by atoms with van der Waals surface area (Å²) < 4.78 is 51.3. The molecule has 35 heavy (non-hydrogen) atoms. The van der Waals surface area contributed by atoms with Crippen LogP contribution in [0, 0.1) is 5.82 Å². The second-order valence-electron chi connectivity index (χ2n) is 7.04. The molecule has 3 aromatic rings. The monoisotopic (exact) mass is 628 g/mol. The number of sulfonamides is 1. The Morgan fingerprint density at radius 2 is 1.63 bits per heavy atom. The van der Waals surface area contributed by atoms with Gasteiger partial charge in [0.25, 0.3) is 15.9 Å². The van der Waals surface area contributed by atoms with Gasteiger partial charge in [-0.05, 0) is 82.7 Å². The minimum Gasteiger partial charge on any atom is -0.482 e. The number of halogens is 3. The summed E-state index contributed by atoms with van der Waals surface area (Å²) in [5.74, 6) is -1.52. The molecule has 1 amide bonds. The van der Waals surface area contributed by atoms with Gasteiger partial charge in [0, 0.05) is 16.0 Å². The number of ether oxygens (including phenoxy) is 2. The van der Waals surface area contributed by atoms with E-state index in [0.29, 0.717) is 21.6 Å². The maximum Gasteiger partial charge on any atom is 0.344 e. The molecule has 3 rings (SSSR count). The summed E-state index contributed by atoms with van der Waals surface area (Å²) in [5, 5.41) is 2.61. The summed E-state index contributed by atoms with van der Waals surface area (Å²) in [4.78, 5) is 23.9. The van der Waals surface area contributed by atoms with E-state index in [-0.39, 0.29) is 4.90 Å². The number of carbonyl (C=O) groups excluding carboxylic acids is 2. The highest BCUT2D eigenvalue weighted by molar-refractivity contribution is 9.11. The van der Waals surface area contributed by atoms with Crippen LogP contribution in [-0.2, 0) is 24.3 Å². The number of esters is 1. The number of rotatable bonds is 9. The molecule has 0 fully saturated rings. The Balaban J connectivity index is 1.49. The average Bonchev–Trinajstić information content (AvgIpc) is 2.83. The van der Waals surface area contributed by atoms with Crippen molar-refractivity contribution in [3.63, 3.8) is 0 Å². The molecule has 12 heteroatoms. The van der Waals surface area contributed by atoms with E-state index in [1.165, 1.54) is 43.4 Å². The smallest absolute Gasteiger partial charge is 0.344 e. The SMILES string of the molecule is CN(c1ccc(OCC(=O)OCC(=O)Nc2ccc(Br)cc2Br)cc1)S(=O)(=O)c1ccc(F)cc1. The number of amides is 1. The number of benzene rings is 3. The topological polar surface area (TPSA) is 102 Å². The molecule has 0 unspecified atom stereocenters. The number of anilines is 2. The summed E-state index contributed by atoms with van der Waals surface area (Å²) in [6.45, 7) is -0.937. The van der Waals surface area contributed by atoms with Gasteiger partial charge in [-0.15, -0.1) is 0 Å². The quantitative estimate of drug-likeness (QED) is 0.343. The van der Waals surface area contributed by atoms with Crippen LogP contribution in [-0.4, -0.2) is 40.6 Å². The molecule has 0 aromatic heterocycles. The van der Waals surface area contributed by atoms with E-state index >= 15 is 0 Å². The van der Waals surface area contributed by atoms with E-state index in [0.717, 1.165) is 20.9 Å². The fraction of sp³-hybridized carbons (Fsp3) is 0.130. The standard InChI is InChI=1S/C23H19Br2FN2O6S/c1-28(35(31,32)19-9-3-16(26)4-10-19)17-5-7-18(8-6-17)33-14-23(30)34-13-22(29)27-21-11-2-15(24)12-20(21)25/h2-12H,13-14H2,1H3,(H,27,29). The zero-order valence-corrected chi connectivity index (χ0v) is 22.2. The molecule has 0 spiro atoms. The zero-order chi connectivity index (χ0) is 25.6. The van der Waals surface area contributed by atoms with Crippen LogP contribution in [0.4, 0.5) is 15.8 Å². The summed E-state index contributed by atoms with van der Waals surface area (Å²) in [7, 11) is -2.52. The lowest BCUT2D eigenvalue weighted by molar-refractivity contribution is -0.149. The molecule has 0 atom stereocenters. The van der Waals surface area contributed by atoms with Crippen LogP contribution >= 0.6 is 31.9 Å². The van der Waals surface area contributed by atoms with Gasteiger partial charge in [-0.2, -0.15) is 0 Å². The van der Waals surface area contributed by atoms with Gasteiger partial charge in [0.05, 0.1) is 16.3 Å². The van der Waals surface area contributed by atoms with E-state index < -0.39 is 40.9 Å². The van der Waals surface area contributed by atoms with Crippen molar-refractivity contribution in [3.05, 3.63) is 81.5 Å². The molecule has 8 nitrogen and oxygen atoms in total. The maximum atomic E-state index is 13.1. The third-order valence-corrected chi connectivity index (χ3v) is 7.55. The van der Waals surface area contributed by atoms with Crippen molar-refractivity contribution < 1.29 is 31.9 Å². The van der Waals surface area contributed by atoms with Crippen LogP contribution in [0.15, 0.2) is 80.6 Å². The first-order chi connectivity index (χ1) is 16.6. The molecule has 0 aliphatic carbocycles. The molecule has 0 radical (unpaired) electrons. The van der Waals surface area contributed by atoms with Gasteiger partial charge in [0.15, 0.2) is 13.2 Å². The van der Waals surface area contributed by atoms with Crippen LogP contribution in [0.3, 0.4) is 0 Å². The van der Waals surface area contributed by atoms with E-state index in [9.17, 15) is 22.4 Å². The van der Waals surface area contributed by atoms with Gasteiger partial charge in [-0.1, -0.05) is 15.9 Å². The maximum absolute atomic E-state index is 13.1. The van der Waals surface area contributed by atoms with E-state index in [1.54, 1.807) is 18.2 Å². The number of hydrogen-bond donors (Lipinski definition) is 1. The Labute approximate surface area is 218 Å². The Morgan fingerprint density at radius 1 is 0.971 bits per heavy atom. The summed E-state index contributed by atoms with van der Waals surface area (Å²) in [5.41, 5.74) is 0.858. The lowest BCUT2D eigenvalue weighted by Gasteiger charge is -2.19. The minimum atomic E-state index is -3.88. The van der Waals surface area contributed by atoms with Crippen molar-refractivity contribution in [1.82, 2.24) is 0 Å². The average molecular weight is 630 g/mol. The van der Waals surface area contributed by atoms with Crippen molar-refractivity contribution in [2.45, 2.75) is 4.90 Å². The zero-order valence-electron chi connectivity index (χ0n) is 18.2. The molecule has 3 aromatic carbocycles. The lowest BCUT2D eigenvalue weighted by atomic mass is 10.3. The highest BCUT2D eigenvalue weighted by Crippen LogP contribution is 2.26. The van der Waals surface area contributed by atoms with Gasteiger partial charge in [-0.3, -0.25) is 9.10 Å². The number of carbonyl (C=O) groups is 2. The van der Waals surface area contributed by atoms with Crippen LogP contribution in [0.1, 0.15) is 0 Å². The van der Waals surface area contributed by atoms with Crippen molar-refractivity contribution in [2.75, 3.05) is 29.9 Å². The Kier molecular flexibility index (Phi) is 8.87. The normalized spacial score (nSPS) is 11.0.